The number of aromatic nitrogens is 1. The van der Waals surface area contributed by atoms with E-state index in [4.69, 9.17) is 0 Å². The third-order valence-corrected chi connectivity index (χ3v) is 6.67. The zero-order valence-corrected chi connectivity index (χ0v) is 15.2. The van der Waals surface area contributed by atoms with E-state index < -0.39 is 11.0 Å². The van der Waals surface area contributed by atoms with Gasteiger partial charge < -0.3 is 5.11 Å². The van der Waals surface area contributed by atoms with Crippen molar-refractivity contribution in [3.05, 3.63) is 77.4 Å². The lowest BCUT2D eigenvalue weighted by atomic mass is 9.66. The van der Waals surface area contributed by atoms with Crippen LogP contribution in [0.25, 0.3) is 10.4 Å². The number of benzene rings is 2. The first-order valence-corrected chi connectivity index (χ1v) is 9.68. The molecule has 1 fully saturated rings. The average molecular weight is 360 g/mol. The Labute approximate surface area is 157 Å². The Balaban J connectivity index is 1.57. The fourth-order valence-corrected chi connectivity index (χ4v) is 4.82. The Bertz CT molecular complexity index is 920. The van der Waals surface area contributed by atoms with Crippen LogP contribution < -0.4 is 0 Å². The molecule has 26 heavy (non-hydrogen) atoms. The summed E-state index contributed by atoms with van der Waals surface area (Å²) in [6.07, 6.45) is 4.24. The van der Waals surface area contributed by atoms with Crippen molar-refractivity contribution in [1.29, 1.82) is 5.26 Å². The minimum Gasteiger partial charge on any atom is -0.383 e. The first-order valence-electron chi connectivity index (χ1n) is 8.86. The quantitative estimate of drug-likeness (QED) is 0.712. The number of aliphatic hydroxyl groups is 1. The van der Waals surface area contributed by atoms with Gasteiger partial charge in [0.2, 0.25) is 0 Å². The average Bonchev–Trinajstić information content (AvgIpc) is 3.22. The van der Waals surface area contributed by atoms with Gasteiger partial charge >= 0.3 is 0 Å². The maximum atomic E-state index is 11.2. The molecule has 3 aromatic rings. The molecule has 0 unspecified atom stereocenters. The topological polar surface area (TPSA) is 56.9 Å². The second-order valence-corrected chi connectivity index (χ2v) is 8.02. The van der Waals surface area contributed by atoms with Crippen molar-refractivity contribution >= 4 is 11.3 Å². The molecule has 1 saturated carbocycles. The van der Waals surface area contributed by atoms with Crippen LogP contribution in [0.3, 0.4) is 0 Å². The molecule has 3 nitrogen and oxygen atoms in total. The van der Waals surface area contributed by atoms with Crippen LogP contribution in [0.4, 0.5) is 0 Å². The minimum absolute atomic E-state index is 0.507. The van der Waals surface area contributed by atoms with Gasteiger partial charge in [-0.05, 0) is 36.8 Å². The van der Waals surface area contributed by atoms with Crippen LogP contribution in [0.5, 0.6) is 0 Å². The predicted octanol–water partition coefficient (Wildman–Crippen LogP) is 5.03. The van der Waals surface area contributed by atoms with E-state index in [1.807, 2.05) is 54.7 Å². The second-order valence-electron chi connectivity index (χ2n) is 6.99. The standard InChI is InChI=1S/C22H20N2OS/c23-16-21(18-9-5-2-6-10-18)11-13-22(25,14-12-21)20-24-15-19(26-20)17-7-3-1-4-8-17/h1-10,15,25H,11-14H2/t21-,22+. The molecule has 4 rings (SSSR count). The zero-order valence-electron chi connectivity index (χ0n) is 14.4. The van der Waals surface area contributed by atoms with E-state index in [-0.39, 0.29) is 0 Å². The minimum atomic E-state index is -0.938. The molecule has 4 heteroatoms. The predicted molar refractivity (Wildman–Crippen MR) is 104 cm³/mol. The summed E-state index contributed by atoms with van der Waals surface area (Å²) in [5.74, 6) is 0. The number of hydrogen-bond donors (Lipinski definition) is 1. The van der Waals surface area contributed by atoms with Crippen molar-refractivity contribution in [1.82, 2.24) is 4.98 Å². The first-order chi connectivity index (χ1) is 12.7. The molecule has 130 valence electrons. The van der Waals surface area contributed by atoms with Crippen LogP contribution in [0.15, 0.2) is 66.9 Å². The van der Waals surface area contributed by atoms with E-state index in [0.29, 0.717) is 25.7 Å². The van der Waals surface area contributed by atoms with E-state index >= 15 is 0 Å². The van der Waals surface area contributed by atoms with Crippen molar-refractivity contribution < 1.29 is 5.11 Å². The van der Waals surface area contributed by atoms with Crippen LogP contribution in [-0.2, 0) is 11.0 Å². The molecular formula is C22H20N2OS. The molecule has 0 amide bonds. The van der Waals surface area contributed by atoms with Crippen LogP contribution >= 0.6 is 11.3 Å². The van der Waals surface area contributed by atoms with Crippen molar-refractivity contribution in [3.8, 4) is 16.5 Å². The van der Waals surface area contributed by atoms with E-state index in [1.165, 1.54) is 0 Å². The second kappa shape index (κ2) is 6.68. The van der Waals surface area contributed by atoms with Gasteiger partial charge in [-0.25, -0.2) is 4.98 Å². The monoisotopic (exact) mass is 360 g/mol. The highest BCUT2D eigenvalue weighted by molar-refractivity contribution is 7.15. The van der Waals surface area contributed by atoms with Gasteiger partial charge in [-0.15, -0.1) is 11.3 Å². The van der Waals surface area contributed by atoms with Crippen molar-refractivity contribution in [2.75, 3.05) is 0 Å². The lowest BCUT2D eigenvalue weighted by Gasteiger charge is -2.39. The molecule has 0 aliphatic heterocycles. The van der Waals surface area contributed by atoms with Gasteiger partial charge in [0.1, 0.15) is 10.6 Å². The summed E-state index contributed by atoms with van der Waals surface area (Å²) < 4.78 is 0. The summed E-state index contributed by atoms with van der Waals surface area (Å²) in [5.41, 5.74) is 0.722. The van der Waals surface area contributed by atoms with Crippen LogP contribution in [0.2, 0.25) is 0 Å². The molecule has 1 aromatic heterocycles. The normalized spacial score (nSPS) is 25.5. The summed E-state index contributed by atoms with van der Waals surface area (Å²) in [6.45, 7) is 0. The molecule has 0 radical (unpaired) electrons. The largest absolute Gasteiger partial charge is 0.383 e. The van der Waals surface area contributed by atoms with Gasteiger partial charge in [0.15, 0.2) is 0 Å². The van der Waals surface area contributed by atoms with Gasteiger partial charge in [0.05, 0.1) is 16.4 Å². The van der Waals surface area contributed by atoms with Crippen LogP contribution in [-0.4, -0.2) is 10.1 Å². The van der Waals surface area contributed by atoms with Gasteiger partial charge in [-0.1, -0.05) is 60.7 Å². The summed E-state index contributed by atoms with van der Waals surface area (Å²) in [7, 11) is 0. The first kappa shape index (κ1) is 17.0. The maximum absolute atomic E-state index is 11.2. The lowest BCUT2D eigenvalue weighted by molar-refractivity contribution is -0.0139. The van der Waals surface area contributed by atoms with E-state index in [9.17, 15) is 10.4 Å². The number of rotatable bonds is 3. The molecule has 1 N–H and O–H groups in total. The Morgan fingerprint density at radius 2 is 1.54 bits per heavy atom. The summed E-state index contributed by atoms with van der Waals surface area (Å²) in [6, 6.07) is 22.6. The third-order valence-electron chi connectivity index (χ3n) is 5.43. The van der Waals surface area contributed by atoms with Crippen molar-refractivity contribution in [2.24, 2.45) is 0 Å². The Morgan fingerprint density at radius 1 is 0.923 bits per heavy atom. The van der Waals surface area contributed by atoms with Gasteiger partial charge in [0, 0.05) is 6.20 Å². The fourth-order valence-electron chi connectivity index (χ4n) is 3.75. The molecule has 0 saturated heterocycles. The van der Waals surface area contributed by atoms with Gasteiger partial charge in [-0.3, -0.25) is 0 Å². The number of nitrogens with zero attached hydrogens (tertiary/aromatic N) is 2. The third kappa shape index (κ3) is 2.94. The smallest absolute Gasteiger partial charge is 0.125 e. The zero-order chi connectivity index (χ0) is 18.0. The number of nitriles is 1. The van der Waals surface area contributed by atoms with Crippen molar-refractivity contribution in [2.45, 2.75) is 36.7 Å². The Kier molecular flexibility index (Phi) is 4.36. The highest BCUT2D eigenvalue weighted by atomic mass is 32.1. The SMILES string of the molecule is N#C[C@]1(c2ccccc2)CC[C@](O)(c2ncc(-c3ccccc3)s2)CC1. The molecule has 0 bridgehead atoms. The highest BCUT2D eigenvalue weighted by Gasteiger charge is 2.45. The summed E-state index contributed by atoms with van der Waals surface area (Å²) in [4.78, 5) is 5.58. The lowest BCUT2D eigenvalue weighted by Crippen LogP contribution is -2.38. The van der Waals surface area contributed by atoms with Crippen LogP contribution in [0, 0.1) is 11.3 Å². The Hall–Kier alpha value is -2.48. The molecule has 1 aliphatic rings. The van der Waals surface area contributed by atoms with Crippen molar-refractivity contribution in [3.63, 3.8) is 0 Å². The summed E-state index contributed by atoms with van der Waals surface area (Å²) in [5, 5.41) is 21.8. The number of hydrogen-bond acceptors (Lipinski definition) is 4. The Morgan fingerprint density at radius 3 is 2.15 bits per heavy atom. The summed E-state index contributed by atoms with van der Waals surface area (Å²) >= 11 is 1.55. The van der Waals surface area contributed by atoms with Gasteiger partial charge in [-0.2, -0.15) is 5.26 Å². The highest BCUT2D eigenvalue weighted by Crippen LogP contribution is 2.48. The van der Waals surface area contributed by atoms with Gasteiger partial charge in [0.25, 0.3) is 0 Å². The molecule has 0 spiro atoms. The van der Waals surface area contributed by atoms with E-state index in [1.54, 1.807) is 11.3 Å². The molecule has 0 atom stereocenters. The van der Waals surface area contributed by atoms with Crippen LogP contribution in [0.1, 0.15) is 36.3 Å². The molecular weight excluding hydrogens is 340 g/mol. The fraction of sp³-hybridized carbons (Fsp3) is 0.273. The molecule has 1 heterocycles. The van der Waals surface area contributed by atoms with E-state index in [0.717, 1.165) is 21.0 Å². The maximum Gasteiger partial charge on any atom is 0.125 e. The number of thiazole rings is 1. The van der Waals surface area contributed by atoms with E-state index in [2.05, 4.69) is 23.2 Å². The molecule has 1 aliphatic carbocycles. The molecule has 2 aromatic carbocycles.